The van der Waals surface area contributed by atoms with Gasteiger partial charge in [0.2, 0.25) is 15.9 Å². The Hall–Kier alpha value is -2.38. The van der Waals surface area contributed by atoms with Crippen LogP contribution in [0.4, 0.5) is 0 Å². The number of carbonyl (C=O) groups is 1. The highest BCUT2D eigenvalue weighted by atomic mass is 32.2. The second-order valence-corrected chi connectivity index (χ2v) is 6.44. The van der Waals surface area contributed by atoms with E-state index in [-0.39, 0.29) is 17.3 Å². The zero-order valence-corrected chi connectivity index (χ0v) is 13.5. The molecule has 0 bridgehead atoms. The maximum atomic E-state index is 12.1. The summed E-state index contributed by atoms with van der Waals surface area (Å²) in [6.45, 7) is 2.41. The van der Waals surface area contributed by atoms with E-state index in [1.807, 2.05) is 6.92 Å². The first-order valence-corrected chi connectivity index (χ1v) is 8.59. The number of benzene rings is 1. The summed E-state index contributed by atoms with van der Waals surface area (Å²) < 4.78 is 32.1. The predicted molar refractivity (Wildman–Crippen MR) is 86.9 cm³/mol. The van der Waals surface area contributed by atoms with Crippen LogP contribution in [0.5, 0.6) is 0 Å². The fourth-order valence-corrected chi connectivity index (χ4v) is 2.83. The summed E-state index contributed by atoms with van der Waals surface area (Å²) in [5.41, 5.74) is 0. The van der Waals surface area contributed by atoms with Gasteiger partial charge in [-0.25, -0.2) is 13.1 Å². The lowest BCUT2D eigenvalue weighted by Crippen LogP contribution is -2.22. The van der Waals surface area contributed by atoms with Crippen LogP contribution in [0, 0.1) is 0 Å². The van der Waals surface area contributed by atoms with Crippen LogP contribution < -0.4 is 10.0 Å². The molecule has 7 heteroatoms. The van der Waals surface area contributed by atoms with E-state index in [0.29, 0.717) is 18.1 Å². The molecule has 2 N–H and O–H groups in total. The second-order valence-electron chi connectivity index (χ2n) is 4.67. The van der Waals surface area contributed by atoms with Crippen LogP contribution in [0.3, 0.4) is 0 Å². The molecule has 1 aromatic heterocycles. The molecule has 0 aliphatic rings. The molecule has 6 nitrogen and oxygen atoms in total. The average Bonchev–Trinajstić information content (AvgIpc) is 3.00. The first kappa shape index (κ1) is 17.0. The van der Waals surface area contributed by atoms with Gasteiger partial charge in [0.25, 0.3) is 0 Å². The zero-order chi connectivity index (χ0) is 16.7. The summed E-state index contributed by atoms with van der Waals surface area (Å²) in [6, 6.07) is 11.4. The lowest BCUT2D eigenvalue weighted by molar-refractivity contribution is -0.116. The molecule has 0 aliphatic heterocycles. The predicted octanol–water partition coefficient (Wildman–Crippen LogP) is 1.91. The number of carbonyl (C=O) groups excluding carboxylic acids is 1. The minimum Gasteiger partial charge on any atom is -0.460 e. The van der Waals surface area contributed by atoms with Gasteiger partial charge in [-0.05, 0) is 37.3 Å². The molecule has 122 valence electrons. The zero-order valence-electron chi connectivity index (χ0n) is 12.7. The Balaban J connectivity index is 1.96. The van der Waals surface area contributed by atoms with Gasteiger partial charge in [0.15, 0.2) is 0 Å². The molecule has 0 atom stereocenters. The molecule has 0 fully saturated rings. The SMILES string of the molecule is CCNC(=O)/C=C/c1ccc(CNS(=O)(=O)c2ccccc2)o1. The van der Waals surface area contributed by atoms with E-state index < -0.39 is 10.0 Å². The molecule has 2 rings (SSSR count). The first-order chi connectivity index (χ1) is 11.0. The average molecular weight is 334 g/mol. The molecule has 1 heterocycles. The molecule has 2 aromatic rings. The van der Waals surface area contributed by atoms with Crippen molar-refractivity contribution in [2.45, 2.75) is 18.4 Å². The van der Waals surface area contributed by atoms with E-state index in [0.717, 1.165) is 0 Å². The van der Waals surface area contributed by atoms with Crippen molar-refractivity contribution in [1.29, 1.82) is 0 Å². The van der Waals surface area contributed by atoms with Gasteiger partial charge < -0.3 is 9.73 Å². The van der Waals surface area contributed by atoms with Crippen LogP contribution in [-0.2, 0) is 21.4 Å². The van der Waals surface area contributed by atoms with Crippen LogP contribution in [0.1, 0.15) is 18.4 Å². The molecular formula is C16H18N2O4S. The van der Waals surface area contributed by atoms with Crippen molar-refractivity contribution < 1.29 is 17.6 Å². The van der Waals surface area contributed by atoms with E-state index in [9.17, 15) is 13.2 Å². The van der Waals surface area contributed by atoms with Gasteiger partial charge in [-0.2, -0.15) is 0 Å². The van der Waals surface area contributed by atoms with Crippen molar-refractivity contribution in [1.82, 2.24) is 10.0 Å². The number of nitrogens with one attached hydrogen (secondary N) is 2. The summed E-state index contributed by atoms with van der Waals surface area (Å²) in [6.07, 6.45) is 2.89. The molecule has 23 heavy (non-hydrogen) atoms. The Morgan fingerprint density at radius 2 is 1.91 bits per heavy atom. The maximum absolute atomic E-state index is 12.1. The van der Waals surface area contributed by atoms with E-state index >= 15 is 0 Å². The maximum Gasteiger partial charge on any atom is 0.244 e. The van der Waals surface area contributed by atoms with Crippen LogP contribution in [0.2, 0.25) is 0 Å². The summed E-state index contributed by atoms with van der Waals surface area (Å²) in [7, 11) is -3.57. The molecule has 1 aromatic carbocycles. The molecule has 0 spiro atoms. The second kappa shape index (κ2) is 7.75. The van der Waals surface area contributed by atoms with Gasteiger partial charge in [0.1, 0.15) is 11.5 Å². The van der Waals surface area contributed by atoms with E-state index in [1.165, 1.54) is 24.3 Å². The molecule has 1 amide bonds. The minimum atomic E-state index is -3.57. The quantitative estimate of drug-likeness (QED) is 0.757. The third kappa shape index (κ3) is 5.08. The van der Waals surface area contributed by atoms with Gasteiger partial charge in [0.05, 0.1) is 11.4 Å². The minimum absolute atomic E-state index is 0.0340. The molecule has 0 saturated carbocycles. The van der Waals surface area contributed by atoms with Crippen molar-refractivity contribution in [2.24, 2.45) is 0 Å². The fraction of sp³-hybridized carbons (Fsp3) is 0.188. The van der Waals surface area contributed by atoms with Crippen LogP contribution in [0.25, 0.3) is 6.08 Å². The van der Waals surface area contributed by atoms with Crippen molar-refractivity contribution in [3.05, 3.63) is 60.1 Å². The third-order valence-electron chi connectivity index (χ3n) is 2.92. The largest absolute Gasteiger partial charge is 0.460 e. The summed E-state index contributed by atoms with van der Waals surface area (Å²) in [5, 5.41) is 2.63. The van der Waals surface area contributed by atoms with Crippen LogP contribution >= 0.6 is 0 Å². The van der Waals surface area contributed by atoms with E-state index in [4.69, 9.17) is 4.42 Å². The fourth-order valence-electron chi connectivity index (χ4n) is 1.82. The van der Waals surface area contributed by atoms with Crippen molar-refractivity contribution in [2.75, 3.05) is 6.54 Å². The summed E-state index contributed by atoms with van der Waals surface area (Å²) in [4.78, 5) is 11.5. The number of rotatable bonds is 7. The number of furan rings is 1. The molecule has 0 unspecified atom stereocenters. The van der Waals surface area contributed by atoms with Gasteiger partial charge >= 0.3 is 0 Å². The Kier molecular flexibility index (Phi) is 5.72. The monoisotopic (exact) mass is 334 g/mol. The van der Waals surface area contributed by atoms with E-state index in [1.54, 1.807) is 30.3 Å². The van der Waals surface area contributed by atoms with Gasteiger partial charge in [-0.15, -0.1) is 0 Å². The Morgan fingerprint density at radius 1 is 1.17 bits per heavy atom. The third-order valence-corrected chi connectivity index (χ3v) is 4.34. The lowest BCUT2D eigenvalue weighted by atomic mass is 10.4. The number of likely N-dealkylation sites (N-methyl/N-ethyl adjacent to an activating group) is 1. The van der Waals surface area contributed by atoms with Crippen molar-refractivity contribution in [3.8, 4) is 0 Å². The van der Waals surface area contributed by atoms with Crippen molar-refractivity contribution in [3.63, 3.8) is 0 Å². The highest BCUT2D eigenvalue weighted by molar-refractivity contribution is 7.89. The summed E-state index contributed by atoms with van der Waals surface area (Å²) in [5.74, 6) is 0.723. The number of sulfonamides is 1. The van der Waals surface area contributed by atoms with Gasteiger partial charge in [-0.1, -0.05) is 18.2 Å². The lowest BCUT2D eigenvalue weighted by Gasteiger charge is -2.04. The molecular weight excluding hydrogens is 316 g/mol. The topological polar surface area (TPSA) is 88.4 Å². The highest BCUT2D eigenvalue weighted by Gasteiger charge is 2.13. The Bertz CT molecular complexity index is 779. The molecule has 0 aliphatic carbocycles. The highest BCUT2D eigenvalue weighted by Crippen LogP contribution is 2.12. The van der Waals surface area contributed by atoms with E-state index in [2.05, 4.69) is 10.0 Å². The Labute approximate surface area is 135 Å². The van der Waals surface area contributed by atoms with Crippen LogP contribution in [0.15, 0.2) is 57.9 Å². The van der Waals surface area contributed by atoms with Crippen molar-refractivity contribution >= 4 is 22.0 Å². The van der Waals surface area contributed by atoms with Gasteiger partial charge in [0, 0.05) is 12.6 Å². The Morgan fingerprint density at radius 3 is 2.61 bits per heavy atom. The first-order valence-electron chi connectivity index (χ1n) is 7.10. The molecule has 0 radical (unpaired) electrons. The number of amides is 1. The van der Waals surface area contributed by atoms with Gasteiger partial charge in [-0.3, -0.25) is 4.79 Å². The number of hydrogen-bond donors (Lipinski definition) is 2. The van der Waals surface area contributed by atoms with Crippen LogP contribution in [-0.4, -0.2) is 20.9 Å². The normalized spacial score (nSPS) is 11.7. The standard InChI is InChI=1S/C16H18N2O4S/c1-2-17-16(19)11-10-13-8-9-14(22-13)12-18-23(20,21)15-6-4-3-5-7-15/h3-11,18H,2,12H2,1H3,(H,17,19)/b11-10+. The smallest absolute Gasteiger partial charge is 0.244 e. The number of hydrogen-bond acceptors (Lipinski definition) is 4. The molecule has 0 saturated heterocycles. The summed E-state index contributed by atoms with van der Waals surface area (Å²) >= 11 is 0.